The number of benzene rings is 2. The zero-order valence-electron chi connectivity index (χ0n) is 14.6. The minimum Gasteiger partial charge on any atom is -0.507 e. The minimum atomic E-state index is -0.834. The molecule has 3 aromatic rings. The van der Waals surface area contributed by atoms with Crippen molar-refractivity contribution >= 4 is 34.7 Å². The smallest absolute Gasteiger partial charge is 0.300 e. The molecule has 1 aliphatic heterocycles. The SMILES string of the molecule is O=C1C(=O)N(c2ccccc2)C(c2ccccn2)/C1=C(/O)c1ccc(Cl)cc1. The summed E-state index contributed by atoms with van der Waals surface area (Å²) >= 11 is 5.92. The quantitative estimate of drug-likeness (QED) is 0.410. The van der Waals surface area contributed by atoms with Crippen LogP contribution < -0.4 is 4.90 Å². The molecule has 1 N–H and O–H groups in total. The number of aliphatic hydroxyl groups is 1. The second-order valence-electron chi connectivity index (χ2n) is 6.27. The van der Waals surface area contributed by atoms with Crippen molar-refractivity contribution in [3.05, 3.63) is 101 Å². The number of hydrogen-bond donors (Lipinski definition) is 1. The lowest BCUT2D eigenvalue weighted by Crippen LogP contribution is -2.29. The Kier molecular flexibility index (Phi) is 4.67. The van der Waals surface area contributed by atoms with E-state index >= 15 is 0 Å². The normalized spacial score (nSPS) is 18.5. The van der Waals surface area contributed by atoms with E-state index in [1.807, 2.05) is 6.07 Å². The van der Waals surface area contributed by atoms with E-state index in [4.69, 9.17) is 11.6 Å². The number of rotatable bonds is 3. The highest BCUT2D eigenvalue weighted by atomic mass is 35.5. The average molecular weight is 391 g/mol. The molecule has 5 nitrogen and oxygen atoms in total. The number of aromatic nitrogens is 1. The highest BCUT2D eigenvalue weighted by molar-refractivity contribution is 6.51. The van der Waals surface area contributed by atoms with Crippen LogP contribution in [0.4, 0.5) is 5.69 Å². The van der Waals surface area contributed by atoms with E-state index in [1.54, 1.807) is 72.9 Å². The zero-order chi connectivity index (χ0) is 19.7. The standard InChI is InChI=1S/C22H15ClN2O3/c23-15-11-9-14(10-12-15)20(26)18-19(17-8-4-5-13-24-17)25(22(28)21(18)27)16-6-2-1-3-7-16/h1-13,19,26H/b20-18-. The van der Waals surface area contributed by atoms with Gasteiger partial charge in [-0.2, -0.15) is 0 Å². The number of nitrogens with zero attached hydrogens (tertiary/aromatic N) is 2. The van der Waals surface area contributed by atoms with E-state index in [2.05, 4.69) is 4.98 Å². The highest BCUT2D eigenvalue weighted by Gasteiger charge is 2.47. The Labute approximate surface area is 166 Å². The lowest BCUT2D eigenvalue weighted by Gasteiger charge is -2.24. The summed E-state index contributed by atoms with van der Waals surface area (Å²) in [6.45, 7) is 0. The van der Waals surface area contributed by atoms with Crippen LogP contribution in [0.15, 0.2) is 84.6 Å². The Bertz CT molecular complexity index is 1060. The highest BCUT2D eigenvalue weighted by Crippen LogP contribution is 2.41. The van der Waals surface area contributed by atoms with Gasteiger partial charge in [-0.25, -0.2) is 0 Å². The van der Waals surface area contributed by atoms with Crippen LogP contribution in [0.5, 0.6) is 0 Å². The Morgan fingerprint density at radius 2 is 1.61 bits per heavy atom. The van der Waals surface area contributed by atoms with E-state index in [1.165, 1.54) is 4.90 Å². The number of anilines is 1. The van der Waals surface area contributed by atoms with Crippen LogP contribution in [-0.2, 0) is 9.59 Å². The summed E-state index contributed by atoms with van der Waals surface area (Å²) in [5.41, 5.74) is 1.43. The molecular weight excluding hydrogens is 376 g/mol. The van der Waals surface area contributed by atoms with E-state index in [-0.39, 0.29) is 11.3 Å². The topological polar surface area (TPSA) is 70.5 Å². The number of amides is 1. The summed E-state index contributed by atoms with van der Waals surface area (Å²) in [5.74, 6) is -1.73. The minimum absolute atomic E-state index is 0.00474. The van der Waals surface area contributed by atoms with Crippen molar-refractivity contribution in [2.24, 2.45) is 0 Å². The van der Waals surface area contributed by atoms with Gasteiger partial charge in [0.1, 0.15) is 11.8 Å². The average Bonchev–Trinajstić information content (AvgIpc) is 3.00. The van der Waals surface area contributed by atoms with Gasteiger partial charge in [-0.1, -0.05) is 35.9 Å². The van der Waals surface area contributed by atoms with Gasteiger partial charge in [-0.05, 0) is 48.5 Å². The van der Waals surface area contributed by atoms with Crippen LogP contribution in [0.3, 0.4) is 0 Å². The second kappa shape index (κ2) is 7.29. The van der Waals surface area contributed by atoms with Crippen LogP contribution >= 0.6 is 11.6 Å². The van der Waals surface area contributed by atoms with Crippen LogP contribution in [0.1, 0.15) is 17.3 Å². The maximum absolute atomic E-state index is 12.9. The molecule has 4 rings (SSSR count). The predicted molar refractivity (Wildman–Crippen MR) is 107 cm³/mol. The molecule has 0 spiro atoms. The number of carbonyl (C=O) groups is 2. The summed E-state index contributed by atoms with van der Waals surface area (Å²) in [6.07, 6.45) is 1.59. The molecule has 1 aromatic heterocycles. The van der Waals surface area contributed by atoms with Crippen LogP contribution in [-0.4, -0.2) is 21.8 Å². The number of halogens is 1. The fraction of sp³-hybridized carbons (Fsp3) is 0.0455. The van der Waals surface area contributed by atoms with E-state index in [9.17, 15) is 14.7 Å². The maximum atomic E-state index is 12.9. The number of Topliss-reactive ketones (excluding diaryl/α,β-unsaturated/α-hetero) is 1. The number of ketones is 1. The number of carbonyl (C=O) groups excluding carboxylic acids is 2. The summed E-state index contributed by atoms with van der Waals surface area (Å²) in [4.78, 5) is 31.5. The molecule has 28 heavy (non-hydrogen) atoms. The molecule has 1 fully saturated rings. The Morgan fingerprint density at radius 1 is 0.929 bits per heavy atom. The van der Waals surface area contributed by atoms with E-state index in [0.29, 0.717) is 22.0 Å². The Balaban J connectivity index is 1.94. The Hall–Kier alpha value is -3.44. The molecule has 2 heterocycles. The van der Waals surface area contributed by atoms with Gasteiger partial charge < -0.3 is 5.11 Å². The molecule has 0 radical (unpaired) electrons. The number of aliphatic hydroxyl groups excluding tert-OH is 1. The first-order chi connectivity index (χ1) is 13.6. The van der Waals surface area contributed by atoms with Crippen LogP contribution in [0.2, 0.25) is 5.02 Å². The number of pyridine rings is 1. The third-order valence-electron chi connectivity index (χ3n) is 4.56. The van der Waals surface area contributed by atoms with Gasteiger partial charge in [0.25, 0.3) is 11.7 Å². The Morgan fingerprint density at radius 3 is 2.25 bits per heavy atom. The summed E-state index contributed by atoms with van der Waals surface area (Å²) < 4.78 is 0. The van der Waals surface area contributed by atoms with Crippen molar-refractivity contribution in [3.8, 4) is 0 Å². The molecule has 0 saturated carbocycles. The first-order valence-electron chi connectivity index (χ1n) is 8.61. The largest absolute Gasteiger partial charge is 0.507 e. The van der Waals surface area contributed by atoms with Gasteiger partial charge in [0.15, 0.2) is 0 Å². The zero-order valence-corrected chi connectivity index (χ0v) is 15.4. The fourth-order valence-electron chi connectivity index (χ4n) is 3.27. The van der Waals surface area contributed by atoms with Crippen molar-refractivity contribution in [1.82, 2.24) is 4.98 Å². The number of hydrogen-bond acceptors (Lipinski definition) is 4. The molecule has 0 bridgehead atoms. The molecule has 1 saturated heterocycles. The third-order valence-corrected chi connectivity index (χ3v) is 4.82. The van der Waals surface area contributed by atoms with Crippen molar-refractivity contribution < 1.29 is 14.7 Å². The number of para-hydroxylation sites is 1. The van der Waals surface area contributed by atoms with Gasteiger partial charge in [0.05, 0.1) is 11.3 Å². The van der Waals surface area contributed by atoms with Gasteiger partial charge in [0, 0.05) is 22.5 Å². The van der Waals surface area contributed by atoms with Crippen molar-refractivity contribution in [2.75, 3.05) is 4.90 Å². The van der Waals surface area contributed by atoms with E-state index < -0.39 is 17.7 Å². The molecule has 0 aliphatic carbocycles. The van der Waals surface area contributed by atoms with Gasteiger partial charge in [-0.15, -0.1) is 0 Å². The van der Waals surface area contributed by atoms with Gasteiger partial charge >= 0.3 is 0 Å². The van der Waals surface area contributed by atoms with Crippen molar-refractivity contribution in [1.29, 1.82) is 0 Å². The first kappa shape index (κ1) is 17.9. The molecule has 6 heteroatoms. The monoisotopic (exact) mass is 390 g/mol. The molecule has 138 valence electrons. The van der Waals surface area contributed by atoms with Crippen LogP contribution in [0, 0.1) is 0 Å². The molecule has 2 aromatic carbocycles. The van der Waals surface area contributed by atoms with Gasteiger partial charge in [-0.3, -0.25) is 19.5 Å². The molecular formula is C22H15ClN2O3. The molecule has 1 unspecified atom stereocenters. The van der Waals surface area contributed by atoms with Crippen LogP contribution in [0.25, 0.3) is 5.76 Å². The van der Waals surface area contributed by atoms with E-state index in [0.717, 1.165) is 0 Å². The molecule has 1 aliphatic rings. The lowest BCUT2D eigenvalue weighted by molar-refractivity contribution is -0.132. The van der Waals surface area contributed by atoms with Crippen molar-refractivity contribution in [2.45, 2.75) is 6.04 Å². The lowest BCUT2D eigenvalue weighted by atomic mass is 9.98. The molecule has 1 atom stereocenters. The summed E-state index contributed by atoms with van der Waals surface area (Å²) in [6, 6.07) is 19.7. The molecule has 1 amide bonds. The second-order valence-corrected chi connectivity index (χ2v) is 6.70. The third kappa shape index (κ3) is 3.06. The van der Waals surface area contributed by atoms with Gasteiger partial charge in [0.2, 0.25) is 0 Å². The summed E-state index contributed by atoms with van der Waals surface area (Å²) in [7, 11) is 0. The summed E-state index contributed by atoms with van der Waals surface area (Å²) in [5, 5.41) is 11.4. The fourth-order valence-corrected chi connectivity index (χ4v) is 3.39. The maximum Gasteiger partial charge on any atom is 0.300 e. The predicted octanol–water partition coefficient (Wildman–Crippen LogP) is 4.36. The van der Waals surface area contributed by atoms with Crippen molar-refractivity contribution in [3.63, 3.8) is 0 Å². The first-order valence-corrected chi connectivity index (χ1v) is 8.98.